The minimum Gasteiger partial charge on any atom is -0.478 e. The Morgan fingerprint density at radius 3 is 2.50 bits per heavy atom. The van der Waals surface area contributed by atoms with E-state index in [1.807, 2.05) is 13.8 Å². The lowest BCUT2D eigenvalue weighted by atomic mass is 10.2. The fraction of sp³-hybridized carbons (Fsp3) is 0.308. The minimum atomic E-state index is -1.02. The molecule has 1 amide bonds. The second-order valence-electron chi connectivity index (χ2n) is 4.16. The zero-order chi connectivity index (χ0) is 13.7. The summed E-state index contributed by atoms with van der Waals surface area (Å²) in [7, 11) is 1.72. The van der Waals surface area contributed by atoms with E-state index in [1.54, 1.807) is 24.1 Å². The lowest BCUT2D eigenvalue weighted by molar-refractivity contribution is -0.131. The highest BCUT2D eigenvalue weighted by Crippen LogP contribution is 2.06. The van der Waals surface area contributed by atoms with E-state index in [1.165, 1.54) is 12.3 Å². The molecule has 0 atom stereocenters. The number of carbonyl (C=O) groups excluding carboxylic acids is 1. The third-order valence-electron chi connectivity index (χ3n) is 2.52. The lowest BCUT2D eigenvalue weighted by Crippen LogP contribution is -2.33. The first-order valence-corrected chi connectivity index (χ1v) is 5.56. The number of aromatic nitrogens is 1. The van der Waals surface area contributed by atoms with Crippen LogP contribution in [0.2, 0.25) is 0 Å². The fourth-order valence-corrected chi connectivity index (χ4v) is 1.21. The minimum absolute atomic E-state index is 0.103. The Hall–Kier alpha value is -2.17. The maximum atomic E-state index is 11.9. The molecule has 1 aromatic rings. The summed E-state index contributed by atoms with van der Waals surface area (Å²) in [5.74, 6) is -1.17. The molecule has 1 heterocycles. The summed E-state index contributed by atoms with van der Waals surface area (Å²) >= 11 is 0. The first-order chi connectivity index (χ1) is 8.41. The molecule has 18 heavy (non-hydrogen) atoms. The molecule has 0 aliphatic carbocycles. The number of carboxylic acids is 1. The van der Waals surface area contributed by atoms with Crippen LogP contribution in [0.15, 0.2) is 24.4 Å². The zero-order valence-electron chi connectivity index (χ0n) is 10.6. The maximum Gasteiger partial charge on any atom is 0.328 e. The molecule has 1 N–H and O–H groups in total. The van der Waals surface area contributed by atoms with Gasteiger partial charge in [-0.05, 0) is 31.6 Å². The Bertz CT molecular complexity index is 464. The summed E-state index contributed by atoms with van der Waals surface area (Å²) in [4.78, 5) is 27.9. The van der Waals surface area contributed by atoms with Gasteiger partial charge in [-0.1, -0.05) is 6.07 Å². The molecule has 0 aliphatic heterocycles. The van der Waals surface area contributed by atoms with Crippen molar-refractivity contribution in [2.45, 2.75) is 19.9 Å². The van der Waals surface area contributed by atoms with Gasteiger partial charge in [-0.25, -0.2) is 4.79 Å². The number of amides is 1. The fourth-order valence-electron chi connectivity index (χ4n) is 1.21. The van der Waals surface area contributed by atoms with Crippen LogP contribution in [-0.2, 0) is 4.79 Å². The quantitative estimate of drug-likeness (QED) is 0.823. The van der Waals surface area contributed by atoms with Crippen LogP contribution in [-0.4, -0.2) is 40.0 Å². The number of carboxylic acid groups (broad SMARTS) is 1. The van der Waals surface area contributed by atoms with Crippen molar-refractivity contribution < 1.29 is 14.7 Å². The summed E-state index contributed by atoms with van der Waals surface area (Å²) in [6.07, 6.45) is 3.93. The largest absolute Gasteiger partial charge is 0.478 e. The Balaban J connectivity index is 2.83. The number of carbonyl (C=O) groups is 2. The van der Waals surface area contributed by atoms with Gasteiger partial charge in [0.15, 0.2) is 0 Å². The van der Waals surface area contributed by atoms with Crippen LogP contribution >= 0.6 is 0 Å². The van der Waals surface area contributed by atoms with Gasteiger partial charge in [-0.3, -0.25) is 9.78 Å². The van der Waals surface area contributed by atoms with Gasteiger partial charge in [0.25, 0.3) is 5.91 Å². The van der Waals surface area contributed by atoms with Crippen LogP contribution < -0.4 is 0 Å². The number of nitrogens with zero attached hydrogens (tertiary/aromatic N) is 2. The van der Waals surface area contributed by atoms with Crippen LogP contribution in [0, 0.1) is 0 Å². The standard InChI is InChI=1S/C13H16N2O3/c1-9(2)15(3)13(18)11-6-4-10(8-14-11)5-7-12(16)17/h4-9H,1-3H3,(H,16,17)/b7-5+. The first-order valence-electron chi connectivity index (χ1n) is 5.56. The summed E-state index contributed by atoms with van der Waals surface area (Å²) in [6, 6.07) is 3.35. The molecule has 5 heteroatoms. The van der Waals surface area contributed by atoms with Gasteiger partial charge in [0.2, 0.25) is 0 Å². The summed E-state index contributed by atoms with van der Waals surface area (Å²) in [5, 5.41) is 8.48. The molecule has 0 fully saturated rings. The summed E-state index contributed by atoms with van der Waals surface area (Å²) in [5.41, 5.74) is 0.986. The van der Waals surface area contributed by atoms with E-state index in [2.05, 4.69) is 4.98 Å². The molecule has 0 saturated heterocycles. The number of aliphatic carboxylic acids is 1. The second-order valence-corrected chi connectivity index (χ2v) is 4.16. The van der Waals surface area contributed by atoms with E-state index >= 15 is 0 Å². The number of hydrogen-bond acceptors (Lipinski definition) is 3. The molecule has 0 bridgehead atoms. The van der Waals surface area contributed by atoms with Crippen molar-refractivity contribution in [2.75, 3.05) is 7.05 Å². The number of rotatable bonds is 4. The van der Waals surface area contributed by atoms with Gasteiger partial charge in [0.1, 0.15) is 5.69 Å². The number of pyridine rings is 1. The molecule has 96 valence electrons. The van der Waals surface area contributed by atoms with E-state index in [0.717, 1.165) is 6.08 Å². The number of hydrogen-bond donors (Lipinski definition) is 1. The molecule has 0 unspecified atom stereocenters. The van der Waals surface area contributed by atoms with Crippen LogP contribution in [0.5, 0.6) is 0 Å². The molecular weight excluding hydrogens is 232 g/mol. The maximum absolute atomic E-state index is 11.9. The van der Waals surface area contributed by atoms with Crippen LogP contribution in [0.4, 0.5) is 0 Å². The van der Waals surface area contributed by atoms with E-state index in [-0.39, 0.29) is 11.9 Å². The van der Waals surface area contributed by atoms with Crippen molar-refractivity contribution in [2.24, 2.45) is 0 Å². The first kappa shape index (κ1) is 13.9. The van der Waals surface area contributed by atoms with Crippen LogP contribution in [0.1, 0.15) is 29.9 Å². The second kappa shape index (κ2) is 5.95. The van der Waals surface area contributed by atoms with Gasteiger partial charge >= 0.3 is 5.97 Å². The Morgan fingerprint density at radius 1 is 1.39 bits per heavy atom. The average molecular weight is 248 g/mol. The van der Waals surface area contributed by atoms with Crippen LogP contribution in [0.3, 0.4) is 0 Å². The molecule has 1 rings (SSSR count). The van der Waals surface area contributed by atoms with Crippen molar-refractivity contribution in [3.8, 4) is 0 Å². The molecule has 1 aromatic heterocycles. The van der Waals surface area contributed by atoms with Gasteiger partial charge in [0, 0.05) is 25.4 Å². The van der Waals surface area contributed by atoms with Crippen molar-refractivity contribution in [3.05, 3.63) is 35.7 Å². The third-order valence-corrected chi connectivity index (χ3v) is 2.52. The molecule has 5 nitrogen and oxygen atoms in total. The SMILES string of the molecule is CC(C)N(C)C(=O)c1ccc(/C=C/C(=O)O)cn1. The Morgan fingerprint density at radius 2 is 2.06 bits per heavy atom. The highest BCUT2D eigenvalue weighted by molar-refractivity contribution is 5.92. The van der Waals surface area contributed by atoms with Gasteiger partial charge in [-0.15, -0.1) is 0 Å². The van der Waals surface area contributed by atoms with Crippen molar-refractivity contribution in [1.82, 2.24) is 9.88 Å². The monoisotopic (exact) mass is 248 g/mol. The van der Waals surface area contributed by atoms with E-state index in [4.69, 9.17) is 5.11 Å². The Kier molecular flexibility index (Phi) is 4.59. The molecule has 0 spiro atoms. The molecule has 0 radical (unpaired) electrons. The predicted molar refractivity (Wildman–Crippen MR) is 68.1 cm³/mol. The molecule has 0 saturated carbocycles. The normalized spacial score (nSPS) is 10.9. The molecule has 0 aliphatic rings. The predicted octanol–water partition coefficient (Wildman–Crippen LogP) is 1.66. The van der Waals surface area contributed by atoms with E-state index in [0.29, 0.717) is 11.3 Å². The van der Waals surface area contributed by atoms with Crippen molar-refractivity contribution in [1.29, 1.82) is 0 Å². The van der Waals surface area contributed by atoms with Gasteiger partial charge in [-0.2, -0.15) is 0 Å². The van der Waals surface area contributed by atoms with E-state index in [9.17, 15) is 9.59 Å². The third kappa shape index (κ3) is 3.69. The Labute approximate surface area is 106 Å². The molecular formula is C13H16N2O3. The lowest BCUT2D eigenvalue weighted by Gasteiger charge is -2.20. The summed E-state index contributed by atoms with van der Waals surface area (Å²) in [6.45, 7) is 3.84. The summed E-state index contributed by atoms with van der Waals surface area (Å²) < 4.78 is 0. The van der Waals surface area contributed by atoms with Gasteiger partial charge < -0.3 is 10.0 Å². The smallest absolute Gasteiger partial charge is 0.328 e. The van der Waals surface area contributed by atoms with Crippen molar-refractivity contribution >= 4 is 18.0 Å². The van der Waals surface area contributed by atoms with Gasteiger partial charge in [0.05, 0.1) is 0 Å². The average Bonchev–Trinajstić information content (AvgIpc) is 2.35. The van der Waals surface area contributed by atoms with Crippen LogP contribution in [0.25, 0.3) is 6.08 Å². The highest BCUT2D eigenvalue weighted by atomic mass is 16.4. The van der Waals surface area contributed by atoms with E-state index < -0.39 is 5.97 Å². The zero-order valence-corrected chi connectivity index (χ0v) is 10.6. The highest BCUT2D eigenvalue weighted by Gasteiger charge is 2.14. The van der Waals surface area contributed by atoms with Crippen molar-refractivity contribution in [3.63, 3.8) is 0 Å². The molecule has 0 aromatic carbocycles. The topological polar surface area (TPSA) is 70.5 Å².